The normalized spacial score (nSPS) is 11.6. The highest BCUT2D eigenvalue weighted by molar-refractivity contribution is 6.31. The van der Waals surface area contributed by atoms with Crippen LogP contribution in [0.15, 0.2) is 66.7 Å². The van der Waals surface area contributed by atoms with Gasteiger partial charge >= 0.3 is 0 Å². The van der Waals surface area contributed by atoms with Crippen molar-refractivity contribution in [1.29, 1.82) is 0 Å². The standard InChI is InChI=1S/C22H20ClFN2O2/c1-14-8-11-20(28-2)19(12-14)26-22(27)21(15-6-4-3-5-7-15)25-16-9-10-18(24)17(23)13-16/h3-13,21,25H,1-2H3,(H,26,27)/t21-/m1/s1. The van der Waals surface area contributed by atoms with Gasteiger partial charge in [-0.2, -0.15) is 0 Å². The minimum atomic E-state index is -0.715. The van der Waals surface area contributed by atoms with E-state index in [-0.39, 0.29) is 10.9 Å². The molecule has 0 radical (unpaired) electrons. The lowest BCUT2D eigenvalue weighted by Gasteiger charge is -2.21. The molecule has 0 saturated carbocycles. The summed E-state index contributed by atoms with van der Waals surface area (Å²) in [7, 11) is 1.55. The number of carbonyl (C=O) groups is 1. The molecule has 1 amide bonds. The number of hydrogen-bond acceptors (Lipinski definition) is 3. The van der Waals surface area contributed by atoms with E-state index in [1.54, 1.807) is 13.2 Å². The van der Waals surface area contributed by atoms with E-state index in [4.69, 9.17) is 16.3 Å². The van der Waals surface area contributed by atoms with Crippen molar-refractivity contribution in [1.82, 2.24) is 0 Å². The van der Waals surface area contributed by atoms with Crippen LogP contribution in [-0.2, 0) is 4.79 Å². The Morgan fingerprint density at radius 3 is 2.50 bits per heavy atom. The molecule has 0 unspecified atom stereocenters. The van der Waals surface area contributed by atoms with Gasteiger partial charge in [-0.1, -0.05) is 48.0 Å². The van der Waals surface area contributed by atoms with Crippen LogP contribution in [0.2, 0.25) is 5.02 Å². The number of carbonyl (C=O) groups excluding carboxylic acids is 1. The highest BCUT2D eigenvalue weighted by Gasteiger charge is 2.22. The predicted octanol–water partition coefficient (Wildman–Crippen LogP) is 5.59. The SMILES string of the molecule is COc1ccc(C)cc1NC(=O)[C@H](Nc1ccc(F)c(Cl)c1)c1ccccc1. The average molecular weight is 399 g/mol. The topological polar surface area (TPSA) is 50.4 Å². The van der Waals surface area contributed by atoms with Gasteiger partial charge in [-0.05, 0) is 48.4 Å². The van der Waals surface area contributed by atoms with E-state index in [2.05, 4.69) is 10.6 Å². The Labute approximate surface area is 168 Å². The summed E-state index contributed by atoms with van der Waals surface area (Å²) in [5.41, 5.74) is 2.86. The van der Waals surface area contributed by atoms with Crippen molar-refractivity contribution in [3.63, 3.8) is 0 Å². The van der Waals surface area contributed by atoms with E-state index in [0.29, 0.717) is 17.1 Å². The fourth-order valence-corrected chi connectivity index (χ4v) is 3.00. The molecule has 4 nitrogen and oxygen atoms in total. The third-order valence-corrected chi connectivity index (χ3v) is 4.53. The first-order valence-electron chi connectivity index (χ1n) is 8.70. The molecule has 28 heavy (non-hydrogen) atoms. The monoisotopic (exact) mass is 398 g/mol. The maximum absolute atomic E-state index is 13.5. The molecule has 2 N–H and O–H groups in total. The second kappa shape index (κ2) is 8.76. The van der Waals surface area contributed by atoms with Crippen molar-refractivity contribution in [2.45, 2.75) is 13.0 Å². The number of hydrogen-bond donors (Lipinski definition) is 2. The predicted molar refractivity (Wildman–Crippen MR) is 111 cm³/mol. The van der Waals surface area contributed by atoms with E-state index in [1.807, 2.05) is 49.4 Å². The van der Waals surface area contributed by atoms with Crippen LogP contribution < -0.4 is 15.4 Å². The second-order valence-electron chi connectivity index (χ2n) is 6.31. The highest BCUT2D eigenvalue weighted by Crippen LogP contribution is 2.29. The summed E-state index contributed by atoms with van der Waals surface area (Å²) in [6.07, 6.45) is 0. The molecular weight excluding hydrogens is 379 g/mol. The maximum Gasteiger partial charge on any atom is 0.251 e. The van der Waals surface area contributed by atoms with Gasteiger partial charge < -0.3 is 15.4 Å². The van der Waals surface area contributed by atoms with Crippen LogP contribution in [0.3, 0.4) is 0 Å². The fourth-order valence-electron chi connectivity index (χ4n) is 2.82. The van der Waals surface area contributed by atoms with Crippen molar-refractivity contribution in [2.75, 3.05) is 17.7 Å². The van der Waals surface area contributed by atoms with Crippen LogP contribution in [-0.4, -0.2) is 13.0 Å². The molecule has 0 spiro atoms. The Morgan fingerprint density at radius 1 is 1.07 bits per heavy atom. The second-order valence-corrected chi connectivity index (χ2v) is 6.72. The van der Waals surface area contributed by atoms with Crippen LogP contribution in [0.1, 0.15) is 17.2 Å². The van der Waals surface area contributed by atoms with Crippen LogP contribution in [0, 0.1) is 12.7 Å². The third-order valence-electron chi connectivity index (χ3n) is 4.24. The summed E-state index contributed by atoms with van der Waals surface area (Å²) in [4.78, 5) is 13.1. The van der Waals surface area contributed by atoms with Crippen molar-refractivity contribution < 1.29 is 13.9 Å². The Kier molecular flexibility index (Phi) is 6.16. The summed E-state index contributed by atoms with van der Waals surface area (Å²) < 4.78 is 18.8. The fraction of sp³-hybridized carbons (Fsp3) is 0.136. The lowest BCUT2D eigenvalue weighted by molar-refractivity contribution is -0.117. The molecule has 0 fully saturated rings. The number of rotatable bonds is 6. The minimum Gasteiger partial charge on any atom is -0.495 e. The number of anilines is 2. The molecule has 0 saturated heterocycles. The van der Waals surface area contributed by atoms with Gasteiger partial charge in [0.25, 0.3) is 5.91 Å². The zero-order valence-electron chi connectivity index (χ0n) is 15.5. The number of halogens is 2. The molecule has 0 aliphatic rings. The minimum absolute atomic E-state index is 0.0161. The average Bonchev–Trinajstić information content (AvgIpc) is 2.69. The lowest BCUT2D eigenvalue weighted by Crippen LogP contribution is -2.27. The number of methoxy groups -OCH3 is 1. The number of benzene rings is 3. The first-order chi connectivity index (χ1) is 13.5. The van der Waals surface area contributed by atoms with Crippen molar-refractivity contribution in [2.24, 2.45) is 0 Å². The van der Waals surface area contributed by atoms with Gasteiger partial charge in [0.15, 0.2) is 0 Å². The van der Waals surface area contributed by atoms with E-state index >= 15 is 0 Å². The zero-order valence-corrected chi connectivity index (χ0v) is 16.3. The quantitative estimate of drug-likeness (QED) is 0.569. The number of amides is 1. The molecule has 0 heterocycles. The van der Waals surface area contributed by atoms with E-state index in [1.165, 1.54) is 18.2 Å². The van der Waals surface area contributed by atoms with Crippen LogP contribution in [0.5, 0.6) is 5.75 Å². The molecule has 3 aromatic carbocycles. The number of aryl methyl sites for hydroxylation is 1. The molecule has 144 valence electrons. The van der Waals surface area contributed by atoms with Gasteiger partial charge in [0.1, 0.15) is 17.6 Å². The molecule has 0 bridgehead atoms. The largest absolute Gasteiger partial charge is 0.495 e. The highest BCUT2D eigenvalue weighted by atomic mass is 35.5. The van der Waals surface area contributed by atoms with Gasteiger partial charge in [0, 0.05) is 5.69 Å². The van der Waals surface area contributed by atoms with Crippen molar-refractivity contribution >= 4 is 28.9 Å². The first-order valence-corrected chi connectivity index (χ1v) is 9.08. The van der Waals surface area contributed by atoms with Gasteiger partial charge in [-0.3, -0.25) is 4.79 Å². The molecule has 0 aliphatic heterocycles. The third kappa shape index (κ3) is 4.61. The van der Waals surface area contributed by atoms with E-state index in [0.717, 1.165) is 11.1 Å². The number of nitrogens with one attached hydrogen (secondary N) is 2. The van der Waals surface area contributed by atoms with Crippen LogP contribution in [0.25, 0.3) is 0 Å². The molecule has 3 aromatic rings. The summed E-state index contributed by atoms with van der Waals surface area (Å²) in [5.74, 6) is -0.233. The van der Waals surface area contributed by atoms with Gasteiger partial charge in [0.05, 0.1) is 17.8 Å². The Morgan fingerprint density at radius 2 is 1.82 bits per heavy atom. The van der Waals surface area contributed by atoms with E-state index in [9.17, 15) is 9.18 Å². The Balaban J connectivity index is 1.91. The van der Waals surface area contributed by atoms with Gasteiger partial charge in [-0.15, -0.1) is 0 Å². The smallest absolute Gasteiger partial charge is 0.251 e. The number of ether oxygens (including phenoxy) is 1. The van der Waals surface area contributed by atoms with Crippen LogP contribution in [0.4, 0.5) is 15.8 Å². The summed E-state index contributed by atoms with van der Waals surface area (Å²) >= 11 is 5.88. The summed E-state index contributed by atoms with van der Waals surface area (Å²) in [6.45, 7) is 1.93. The molecule has 3 rings (SSSR count). The van der Waals surface area contributed by atoms with Gasteiger partial charge in [-0.25, -0.2) is 4.39 Å². The zero-order chi connectivity index (χ0) is 20.1. The molecule has 1 atom stereocenters. The van der Waals surface area contributed by atoms with Crippen LogP contribution >= 0.6 is 11.6 Å². The van der Waals surface area contributed by atoms with Gasteiger partial charge in [0.2, 0.25) is 0 Å². The molecule has 6 heteroatoms. The molecule has 0 aliphatic carbocycles. The Hall–Kier alpha value is -3.05. The first kappa shape index (κ1) is 19.7. The summed E-state index contributed by atoms with van der Waals surface area (Å²) in [6, 6.07) is 18.3. The molecule has 0 aromatic heterocycles. The maximum atomic E-state index is 13.5. The van der Waals surface area contributed by atoms with Crippen molar-refractivity contribution in [3.8, 4) is 5.75 Å². The molecular formula is C22H20ClFN2O2. The lowest BCUT2D eigenvalue weighted by atomic mass is 10.1. The summed E-state index contributed by atoms with van der Waals surface area (Å²) in [5, 5.41) is 6.03. The van der Waals surface area contributed by atoms with E-state index < -0.39 is 11.9 Å². The Bertz CT molecular complexity index is 980. The van der Waals surface area contributed by atoms with Crippen molar-refractivity contribution in [3.05, 3.63) is 88.7 Å².